The van der Waals surface area contributed by atoms with Crippen LogP contribution in [0.4, 0.5) is 5.69 Å². The van der Waals surface area contributed by atoms with Crippen molar-refractivity contribution in [3.05, 3.63) is 59.2 Å². The number of benzene rings is 2. The Morgan fingerprint density at radius 3 is 2.41 bits per heavy atom. The van der Waals surface area contributed by atoms with Gasteiger partial charge in [0.15, 0.2) is 4.91 Å². The molecule has 0 amide bonds. The van der Waals surface area contributed by atoms with E-state index in [2.05, 4.69) is 40.0 Å². The molecule has 0 atom stereocenters. The van der Waals surface area contributed by atoms with Gasteiger partial charge in [0.2, 0.25) is 0 Å². The Bertz CT molecular complexity index is 1480. The Kier molecular flexibility index (Phi) is 8.55. The summed E-state index contributed by atoms with van der Waals surface area (Å²) in [5, 5.41) is 11.9. The number of piperidine rings is 1. The average Bonchev–Trinajstić information content (AvgIpc) is 3.34. The molecule has 1 N–H and O–H groups in total. The first-order valence-corrected chi connectivity index (χ1v) is 15.0. The van der Waals surface area contributed by atoms with Gasteiger partial charge < -0.3 is 14.1 Å². The first kappa shape index (κ1) is 28.9. The summed E-state index contributed by atoms with van der Waals surface area (Å²) in [6.07, 6.45) is 5.49. The van der Waals surface area contributed by atoms with E-state index < -0.39 is 20.5 Å². The predicted molar refractivity (Wildman–Crippen MR) is 158 cm³/mol. The molecule has 3 aromatic rings. The lowest BCUT2D eigenvalue weighted by Crippen LogP contribution is -2.44. The van der Waals surface area contributed by atoms with E-state index in [1.807, 2.05) is 32.9 Å². The standard InChI is InChI=1S/C31H39N3O4S/c1-30(2,3)37-18-15-31(4,5)33-39(35,36)28(22-32)21-27-13-14-29(38-27)25-10-9-24-20-26(12-11-23(24)19-25)34-16-7-6-8-17-34/h9-14,19-21,33H,6-8,15-18H2,1-5H3. The molecule has 0 bridgehead atoms. The van der Waals surface area contributed by atoms with Crippen molar-refractivity contribution < 1.29 is 17.6 Å². The fourth-order valence-electron chi connectivity index (χ4n) is 4.70. The maximum atomic E-state index is 13.0. The van der Waals surface area contributed by atoms with E-state index in [0.717, 1.165) is 29.4 Å². The van der Waals surface area contributed by atoms with Gasteiger partial charge >= 0.3 is 0 Å². The second-order valence-corrected chi connectivity index (χ2v) is 13.5. The lowest BCUT2D eigenvalue weighted by molar-refractivity contribution is -0.0102. The number of ether oxygens (including phenoxy) is 1. The van der Waals surface area contributed by atoms with Gasteiger partial charge in [0.25, 0.3) is 10.0 Å². The second kappa shape index (κ2) is 11.5. The summed E-state index contributed by atoms with van der Waals surface area (Å²) < 4.78 is 40.4. The molecule has 2 aromatic carbocycles. The van der Waals surface area contributed by atoms with Crippen LogP contribution in [0.15, 0.2) is 57.9 Å². The van der Waals surface area contributed by atoms with Crippen molar-refractivity contribution in [2.75, 3.05) is 24.6 Å². The quantitative estimate of drug-likeness (QED) is 0.293. The van der Waals surface area contributed by atoms with Crippen LogP contribution in [0.3, 0.4) is 0 Å². The molecule has 1 aromatic heterocycles. The van der Waals surface area contributed by atoms with Crippen LogP contribution in [0.25, 0.3) is 28.2 Å². The smallest absolute Gasteiger partial charge is 0.251 e. The lowest BCUT2D eigenvalue weighted by Gasteiger charge is -2.29. The van der Waals surface area contributed by atoms with Crippen molar-refractivity contribution in [1.82, 2.24) is 4.72 Å². The number of anilines is 1. The number of nitrogens with one attached hydrogen (secondary N) is 1. The summed E-state index contributed by atoms with van der Waals surface area (Å²) in [6, 6.07) is 18.0. The molecule has 1 aliphatic heterocycles. The maximum absolute atomic E-state index is 13.0. The van der Waals surface area contributed by atoms with Gasteiger partial charge in [-0.2, -0.15) is 5.26 Å². The fraction of sp³-hybridized carbons (Fsp3) is 0.452. The van der Waals surface area contributed by atoms with Crippen LogP contribution in [0.1, 0.15) is 66.1 Å². The van der Waals surface area contributed by atoms with E-state index >= 15 is 0 Å². The van der Waals surface area contributed by atoms with Gasteiger partial charge in [0.05, 0.1) is 5.60 Å². The molecule has 1 fully saturated rings. The van der Waals surface area contributed by atoms with E-state index in [1.165, 1.54) is 31.0 Å². The maximum Gasteiger partial charge on any atom is 0.251 e. The minimum Gasteiger partial charge on any atom is -0.457 e. The zero-order valence-corrected chi connectivity index (χ0v) is 24.4. The Labute approximate surface area is 232 Å². The number of hydrogen-bond donors (Lipinski definition) is 1. The lowest BCUT2D eigenvalue weighted by atomic mass is 10.0. The van der Waals surface area contributed by atoms with E-state index in [4.69, 9.17) is 9.15 Å². The van der Waals surface area contributed by atoms with E-state index in [-0.39, 0.29) is 5.60 Å². The number of fused-ring (bicyclic) bond motifs is 1. The molecule has 0 radical (unpaired) electrons. The normalized spacial score (nSPS) is 15.5. The van der Waals surface area contributed by atoms with Crippen molar-refractivity contribution >= 4 is 32.6 Å². The summed E-state index contributed by atoms with van der Waals surface area (Å²) >= 11 is 0. The van der Waals surface area contributed by atoms with Gasteiger partial charge in [-0.25, -0.2) is 13.1 Å². The number of sulfonamides is 1. The van der Waals surface area contributed by atoms with Crippen LogP contribution in [0.5, 0.6) is 0 Å². The van der Waals surface area contributed by atoms with Gasteiger partial charge in [-0.15, -0.1) is 0 Å². The molecule has 1 saturated heterocycles. The highest BCUT2D eigenvalue weighted by molar-refractivity contribution is 7.93. The monoisotopic (exact) mass is 549 g/mol. The number of nitriles is 1. The number of allylic oxidation sites excluding steroid dienone is 1. The van der Waals surface area contributed by atoms with Gasteiger partial charge in [-0.1, -0.05) is 18.2 Å². The van der Waals surface area contributed by atoms with Crippen LogP contribution < -0.4 is 9.62 Å². The SMILES string of the molecule is CC(C)(CCOC(C)(C)C)NS(=O)(=O)C(C#N)=Cc1ccc(-c2ccc3cc(N4CCCCC4)ccc3c2)o1. The highest BCUT2D eigenvalue weighted by Gasteiger charge is 2.29. The molecule has 0 unspecified atom stereocenters. The molecule has 0 saturated carbocycles. The molecule has 208 valence electrons. The van der Waals surface area contributed by atoms with Crippen LogP contribution in [0.2, 0.25) is 0 Å². The van der Waals surface area contributed by atoms with Crippen molar-refractivity contribution in [3.63, 3.8) is 0 Å². The molecule has 4 rings (SSSR count). The topological polar surface area (TPSA) is 95.6 Å². The summed E-state index contributed by atoms with van der Waals surface area (Å²) in [5.41, 5.74) is 1.02. The van der Waals surface area contributed by atoms with Crippen molar-refractivity contribution in [2.24, 2.45) is 0 Å². The van der Waals surface area contributed by atoms with E-state index in [0.29, 0.717) is 24.5 Å². The third kappa shape index (κ3) is 7.72. The highest BCUT2D eigenvalue weighted by atomic mass is 32.2. The third-order valence-electron chi connectivity index (χ3n) is 6.80. The molecular formula is C31H39N3O4S. The van der Waals surface area contributed by atoms with Gasteiger partial charge in [0.1, 0.15) is 17.6 Å². The minimum absolute atomic E-state index is 0.293. The number of furan rings is 1. The van der Waals surface area contributed by atoms with Crippen molar-refractivity contribution in [3.8, 4) is 17.4 Å². The molecule has 0 aliphatic carbocycles. The Morgan fingerprint density at radius 1 is 1.03 bits per heavy atom. The van der Waals surface area contributed by atoms with Crippen molar-refractivity contribution in [2.45, 2.75) is 71.4 Å². The largest absolute Gasteiger partial charge is 0.457 e. The average molecular weight is 550 g/mol. The Morgan fingerprint density at radius 2 is 1.72 bits per heavy atom. The summed E-state index contributed by atoms with van der Waals surface area (Å²) in [7, 11) is -4.06. The van der Waals surface area contributed by atoms with Gasteiger partial charge in [-0.3, -0.25) is 0 Å². The zero-order valence-electron chi connectivity index (χ0n) is 23.6. The fourth-order valence-corrected chi connectivity index (χ4v) is 6.03. The van der Waals surface area contributed by atoms with Crippen LogP contribution >= 0.6 is 0 Å². The number of rotatable bonds is 9. The van der Waals surface area contributed by atoms with E-state index in [9.17, 15) is 13.7 Å². The summed E-state index contributed by atoms with van der Waals surface area (Å²) in [6.45, 7) is 12.0. The second-order valence-electron chi connectivity index (χ2n) is 11.8. The van der Waals surface area contributed by atoms with Crippen LogP contribution in [0, 0.1) is 11.3 Å². The van der Waals surface area contributed by atoms with E-state index in [1.54, 1.807) is 26.0 Å². The minimum atomic E-state index is -4.06. The Balaban J connectivity index is 1.49. The molecule has 39 heavy (non-hydrogen) atoms. The summed E-state index contributed by atoms with van der Waals surface area (Å²) in [5.74, 6) is 0.895. The first-order valence-electron chi connectivity index (χ1n) is 13.5. The zero-order chi connectivity index (χ0) is 28.3. The van der Waals surface area contributed by atoms with Crippen LogP contribution in [-0.4, -0.2) is 39.3 Å². The number of hydrogen-bond acceptors (Lipinski definition) is 6. The molecule has 7 nitrogen and oxygen atoms in total. The van der Waals surface area contributed by atoms with Gasteiger partial charge in [-0.05, 0) is 101 Å². The molecular weight excluding hydrogens is 510 g/mol. The van der Waals surface area contributed by atoms with Gasteiger partial charge in [0, 0.05) is 42.6 Å². The predicted octanol–water partition coefficient (Wildman–Crippen LogP) is 6.86. The van der Waals surface area contributed by atoms with Crippen LogP contribution in [-0.2, 0) is 14.8 Å². The molecule has 8 heteroatoms. The van der Waals surface area contributed by atoms with Crippen molar-refractivity contribution in [1.29, 1.82) is 5.26 Å². The highest BCUT2D eigenvalue weighted by Crippen LogP contribution is 2.30. The molecule has 2 heterocycles. The first-order chi connectivity index (χ1) is 18.4. The third-order valence-corrected chi connectivity index (χ3v) is 8.41. The Hall–Kier alpha value is -3.12. The molecule has 1 aliphatic rings. The molecule has 0 spiro atoms. The number of nitrogens with zero attached hydrogens (tertiary/aromatic N) is 2. The summed E-state index contributed by atoms with van der Waals surface area (Å²) in [4.78, 5) is 2.04.